The van der Waals surface area contributed by atoms with Crippen LogP contribution in [0.1, 0.15) is 0 Å². The summed E-state index contributed by atoms with van der Waals surface area (Å²) in [5.41, 5.74) is 0. The normalized spacial score (nSPS) is 8.75. The molecule has 0 aliphatic heterocycles. The summed E-state index contributed by atoms with van der Waals surface area (Å²) in [5, 5.41) is 0. The zero-order valence-corrected chi connectivity index (χ0v) is 4.52. The third-order valence-electron chi connectivity index (χ3n) is 0. The first-order chi connectivity index (χ1) is 1.73. The third-order valence-corrected chi connectivity index (χ3v) is 0. The molecule has 0 saturated carbocycles. The first kappa shape index (κ1) is 4.87. The van der Waals surface area contributed by atoms with E-state index in [1.54, 1.807) is 0 Å². The molecule has 4 heavy (non-hydrogen) atoms. The summed E-state index contributed by atoms with van der Waals surface area (Å²) < 4.78 is 0. The Bertz CT molecular complexity index is 29.0. The Morgan fingerprint density at radius 2 is 1.50 bits per heavy atom. The Hall–Kier alpha value is 0.869. The SMILES string of the molecule is O[PH](O)=[Se]. The second-order valence-corrected chi connectivity index (χ2v) is 3.15. The Kier molecular flexibility index (Phi) is 2.59. The Balaban J connectivity index is 2.80. The average molecular weight is 145 g/mol. The van der Waals surface area contributed by atoms with Crippen LogP contribution < -0.4 is 0 Å². The molecule has 0 fully saturated rings. The van der Waals surface area contributed by atoms with Crippen LogP contribution in [0.5, 0.6) is 0 Å². The molecular formula is H3O2PSe. The van der Waals surface area contributed by atoms with E-state index in [4.69, 9.17) is 9.79 Å². The zero-order valence-electron chi connectivity index (χ0n) is 1.80. The van der Waals surface area contributed by atoms with Crippen molar-refractivity contribution in [2.75, 3.05) is 0 Å². The summed E-state index contributed by atoms with van der Waals surface area (Å²) >= 11 is 2.12. The van der Waals surface area contributed by atoms with Crippen molar-refractivity contribution in [1.29, 1.82) is 0 Å². The van der Waals surface area contributed by atoms with Crippen LogP contribution in [0.2, 0.25) is 0 Å². The van der Waals surface area contributed by atoms with Crippen molar-refractivity contribution in [2.45, 2.75) is 0 Å². The fraction of sp³-hybridized carbons (Fsp3) is 0. The van der Waals surface area contributed by atoms with Crippen molar-refractivity contribution in [3.63, 3.8) is 0 Å². The maximum atomic E-state index is 7.66. The van der Waals surface area contributed by atoms with Gasteiger partial charge in [0.05, 0.1) is 0 Å². The van der Waals surface area contributed by atoms with E-state index < -0.39 is 6.62 Å². The Morgan fingerprint density at radius 3 is 1.50 bits per heavy atom. The van der Waals surface area contributed by atoms with Gasteiger partial charge in [0.15, 0.2) is 0 Å². The molecule has 0 aromatic carbocycles. The van der Waals surface area contributed by atoms with Gasteiger partial charge >= 0.3 is 31.5 Å². The topological polar surface area (TPSA) is 40.5 Å². The van der Waals surface area contributed by atoms with Crippen LogP contribution in [0.25, 0.3) is 0 Å². The average Bonchev–Trinajstić information content (AvgIpc) is 0.811. The van der Waals surface area contributed by atoms with Crippen LogP contribution in [-0.2, 0) is 0 Å². The molecule has 0 saturated heterocycles. The first-order valence-electron chi connectivity index (χ1n) is 0.651. The van der Waals surface area contributed by atoms with Crippen molar-refractivity contribution in [1.82, 2.24) is 0 Å². The summed E-state index contributed by atoms with van der Waals surface area (Å²) in [6, 6.07) is 0. The minimum absolute atomic E-state index is 2.00. The van der Waals surface area contributed by atoms with Crippen LogP contribution in [0.4, 0.5) is 0 Å². The van der Waals surface area contributed by atoms with Gasteiger partial charge in [-0.15, -0.1) is 0 Å². The molecule has 0 heterocycles. The van der Waals surface area contributed by atoms with Crippen molar-refractivity contribution < 1.29 is 9.79 Å². The van der Waals surface area contributed by atoms with Gasteiger partial charge in [-0.05, 0) is 0 Å². The van der Waals surface area contributed by atoms with Gasteiger partial charge in [0.1, 0.15) is 0 Å². The molecule has 26 valence electrons. The monoisotopic (exact) mass is 146 g/mol. The van der Waals surface area contributed by atoms with Crippen LogP contribution >= 0.6 is 6.62 Å². The second kappa shape index (κ2) is 2.13. The molecule has 0 amide bonds. The van der Waals surface area contributed by atoms with Crippen LogP contribution in [-0.4, -0.2) is 24.9 Å². The van der Waals surface area contributed by atoms with Crippen molar-refractivity contribution in [3.05, 3.63) is 0 Å². The van der Waals surface area contributed by atoms with E-state index in [9.17, 15) is 0 Å². The molecule has 0 atom stereocenters. The molecule has 0 rings (SSSR count). The van der Waals surface area contributed by atoms with Crippen LogP contribution in [0, 0.1) is 0 Å². The molecular weight excluding hydrogens is 142 g/mol. The molecule has 0 aliphatic carbocycles. The first-order valence-corrected chi connectivity index (χ1v) is 4.52. The summed E-state index contributed by atoms with van der Waals surface area (Å²) in [7, 11) is 0. The standard InChI is InChI=1S/H3O2PSe/c1-3(2)4/h3H,(H2,1,2,4). The molecule has 2 nitrogen and oxygen atoms in total. The summed E-state index contributed by atoms with van der Waals surface area (Å²) in [6.45, 7) is -2.00. The maximum absolute atomic E-state index is 7.66. The zero-order chi connectivity index (χ0) is 3.58. The van der Waals surface area contributed by atoms with E-state index in [0.29, 0.717) is 0 Å². The number of hydrogen-bond donors (Lipinski definition) is 2. The van der Waals surface area contributed by atoms with Gasteiger partial charge in [-0.3, -0.25) is 0 Å². The van der Waals surface area contributed by atoms with Crippen molar-refractivity contribution >= 4 is 21.7 Å². The molecule has 0 unspecified atom stereocenters. The summed E-state index contributed by atoms with van der Waals surface area (Å²) in [5.74, 6) is 0. The van der Waals surface area contributed by atoms with Crippen LogP contribution in [0.15, 0.2) is 0 Å². The molecule has 0 spiro atoms. The van der Waals surface area contributed by atoms with Gasteiger partial charge in [0.2, 0.25) is 0 Å². The molecule has 0 bridgehead atoms. The van der Waals surface area contributed by atoms with E-state index in [1.807, 2.05) is 0 Å². The summed E-state index contributed by atoms with van der Waals surface area (Å²) in [6.07, 6.45) is 0. The van der Waals surface area contributed by atoms with E-state index >= 15 is 0 Å². The quantitative estimate of drug-likeness (QED) is 0.342. The Labute approximate surface area is 32.3 Å². The number of hydrogen-bond acceptors (Lipinski definition) is 2. The van der Waals surface area contributed by atoms with Gasteiger partial charge in [-0.1, -0.05) is 0 Å². The van der Waals surface area contributed by atoms with E-state index in [1.165, 1.54) is 0 Å². The third kappa shape index (κ3) is 13.3. The number of rotatable bonds is 0. The van der Waals surface area contributed by atoms with Crippen molar-refractivity contribution in [3.8, 4) is 0 Å². The van der Waals surface area contributed by atoms with Gasteiger partial charge in [0, 0.05) is 0 Å². The van der Waals surface area contributed by atoms with E-state index in [0.717, 1.165) is 0 Å². The molecule has 0 aromatic rings. The van der Waals surface area contributed by atoms with Gasteiger partial charge in [0.25, 0.3) is 0 Å². The predicted octanol–water partition coefficient (Wildman–Crippen LogP) is -0.901. The van der Waals surface area contributed by atoms with E-state index in [-0.39, 0.29) is 0 Å². The van der Waals surface area contributed by atoms with Gasteiger partial charge in [-0.2, -0.15) is 0 Å². The minimum atomic E-state index is -2.00. The summed E-state index contributed by atoms with van der Waals surface area (Å²) in [4.78, 5) is 15.3. The van der Waals surface area contributed by atoms with Crippen molar-refractivity contribution in [2.24, 2.45) is 0 Å². The second-order valence-electron chi connectivity index (χ2n) is 0.283. The van der Waals surface area contributed by atoms with E-state index in [2.05, 4.69) is 15.1 Å². The molecule has 0 aliphatic rings. The fourth-order valence-corrected chi connectivity index (χ4v) is 0. The van der Waals surface area contributed by atoms with Crippen LogP contribution in [0.3, 0.4) is 0 Å². The molecule has 0 aromatic heterocycles. The fourth-order valence-electron chi connectivity index (χ4n) is 0. The van der Waals surface area contributed by atoms with Gasteiger partial charge in [-0.25, -0.2) is 0 Å². The molecule has 0 radical (unpaired) electrons. The predicted molar refractivity (Wildman–Crippen MR) is 18.5 cm³/mol. The Morgan fingerprint density at radius 1 is 1.50 bits per heavy atom. The molecule has 4 heteroatoms. The molecule has 2 N–H and O–H groups in total. The van der Waals surface area contributed by atoms with Gasteiger partial charge < -0.3 is 0 Å².